The second-order valence-electron chi connectivity index (χ2n) is 6.37. The maximum absolute atomic E-state index is 5.29. The predicted octanol–water partition coefficient (Wildman–Crippen LogP) is 4.56. The minimum atomic E-state index is 0.396. The summed E-state index contributed by atoms with van der Waals surface area (Å²) in [6.45, 7) is 5.74. The summed E-state index contributed by atoms with van der Waals surface area (Å²) in [5, 5.41) is 3.65. The van der Waals surface area contributed by atoms with Gasteiger partial charge in [0.05, 0.1) is 7.11 Å². The highest BCUT2D eigenvalue weighted by molar-refractivity contribution is 5.30. The van der Waals surface area contributed by atoms with Crippen LogP contribution in [-0.2, 0) is 0 Å². The summed E-state index contributed by atoms with van der Waals surface area (Å²) < 4.78 is 5.29. The van der Waals surface area contributed by atoms with E-state index in [9.17, 15) is 0 Å². The Morgan fingerprint density at radius 3 is 2.70 bits per heavy atom. The lowest BCUT2D eigenvalue weighted by atomic mass is 9.81. The highest BCUT2D eigenvalue weighted by Gasteiger charge is 2.17. The van der Waals surface area contributed by atoms with E-state index in [0.29, 0.717) is 6.04 Å². The molecular weight excluding hydrogens is 246 g/mol. The van der Waals surface area contributed by atoms with Gasteiger partial charge in [0, 0.05) is 6.04 Å². The zero-order valence-electron chi connectivity index (χ0n) is 13.2. The third-order valence-corrected chi connectivity index (χ3v) is 4.73. The van der Waals surface area contributed by atoms with Crippen LogP contribution in [0.3, 0.4) is 0 Å². The van der Waals surface area contributed by atoms with E-state index in [4.69, 9.17) is 4.74 Å². The van der Waals surface area contributed by atoms with Crippen molar-refractivity contribution < 1.29 is 4.74 Å². The molecule has 112 valence electrons. The van der Waals surface area contributed by atoms with Gasteiger partial charge in [-0.2, -0.15) is 0 Å². The van der Waals surface area contributed by atoms with E-state index in [2.05, 4.69) is 37.4 Å². The number of rotatable bonds is 6. The molecular formula is C18H29NO. The fraction of sp³-hybridized carbons (Fsp3) is 0.667. The Labute approximate surface area is 123 Å². The van der Waals surface area contributed by atoms with Crippen LogP contribution in [-0.4, -0.2) is 13.7 Å². The summed E-state index contributed by atoms with van der Waals surface area (Å²) in [6, 6.07) is 8.75. The van der Waals surface area contributed by atoms with Crippen LogP contribution in [0.1, 0.15) is 57.6 Å². The Morgan fingerprint density at radius 2 is 2.00 bits per heavy atom. The average Bonchev–Trinajstić information content (AvgIpc) is 2.49. The van der Waals surface area contributed by atoms with Crippen molar-refractivity contribution in [1.29, 1.82) is 0 Å². The zero-order valence-corrected chi connectivity index (χ0v) is 13.2. The summed E-state index contributed by atoms with van der Waals surface area (Å²) in [5.74, 6) is 2.84. The van der Waals surface area contributed by atoms with E-state index in [1.54, 1.807) is 7.11 Å². The summed E-state index contributed by atoms with van der Waals surface area (Å²) in [4.78, 5) is 0. The van der Waals surface area contributed by atoms with Gasteiger partial charge in [-0.05, 0) is 49.4 Å². The number of ether oxygens (including phenoxy) is 1. The Hall–Kier alpha value is -1.02. The van der Waals surface area contributed by atoms with Gasteiger partial charge in [-0.25, -0.2) is 0 Å². The molecule has 0 amide bonds. The van der Waals surface area contributed by atoms with E-state index in [-0.39, 0.29) is 0 Å². The fourth-order valence-corrected chi connectivity index (χ4v) is 3.15. The van der Waals surface area contributed by atoms with Crippen molar-refractivity contribution >= 4 is 0 Å². The van der Waals surface area contributed by atoms with Crippen LogP contribution in [0.25, 0.3) is 0 Å². The van der Waals surface area contributed by atoms with Gasteiger partial charge in [0.15, 0.2) is 0 Å². The average molecular weight is 275 g/mol. The summed E-state index contributed by atoms with van der Waals surface area (Å²) in [6.07, 6.45) is 7.03. The second kappa shape index (κ2) is 7.68. The van der Waals surface area contributed by atoms with Crippen molar-refractivity contribution in [2.45, 2.75) is 52.0 Å². The number of hydrogen-bond donors (Lipinski definition) is 1. The van der Waals surface area contributed by atoms with Gasteiger partial charge in [-0.1, -0.05) is 44.7 Å². The molecule has 20 heavy (non-hydrogen) atoms. The fourth-order valence-electron chi connectivity index (χ4n) is 3.15. The van der Waals surface area contributed by atoms with Crippen LogP contribution >= 0.6 is 0 Å². The topological polar surface area (TPSA) is 21.3 Å². The lowest BCUT2D eigenvalue weighted by Crippen LogP contribution is -2.23. The molecule has 0 spiro atoms. The first-order valence-corrected chi connectivity index (χ1v) is 8.06. The Morgan fingerprint density at radius 1 is 1.25 bits per heavy atom. The van der Waals surface area contributed by atoms with Crippen molar-refractivity contribution in [1.82, 2.24) is 5.32 Å². The molecule has 1 aromatic carbocycles. The number of nitrogens with one attached hydrogen (secondary N) is 1. The third-order valence-electron chi connectivity index (χ3n) is 4.73. The van der Waals surface area contributed by atoms with Gasteiger partial charge in [0.25, 0.3) is 0 Å². The summed E-state index contributed by atoms with van der Waals surface area (Å²) in [7, 11) is 1.72. The van der Waals surface area contributed by atoms with Crippen molar-refractivity contribution in [2.24, 2.45) is 11.8 Å². The van der Waals surface area contributed by atoms with Gasteiger partial charge in [-0.15, -0.1) is 0 Å². The molecule has 1 aliphatic rings. The first-order chi connectivity index (χ1) is 9.69. The highest BCUT2D eigenvalue weighted by atomic mass is 16.5. The molecule has 1 N–H and O–H groups in total. The maximum atomic E-state index is 5.29. The first-order valence-electron chi connectivity index (χ1n) is 8.06. The third kappa shape index (κ3) is 4.52. The zero-order chi connectivity index (χ0) is 14.4. The number of hydrogen-bond acceptors (Lipinski definition) is 2. The second-order valence-corrected chi connectivity index (χ2v) is 6.37. The van der Waals surface area contributed by atoms with Crippen LogP contribution in [0.5, 0.6) is 5.75 Å². The van der Waals surface area contributed by atoms with Crippen LogP contribution < -0.4 is 10.1 Å². The molecule has 1 atom stereocenters. The smallest absolute Gasteiger partial charge is 0.119 e. The van der Waals surface area contributed by atoms with Crippen molar-refractivity contribution in [3.63, 3.8) is 0 Å². The molecule has 1 fully saturated rings. The molecule has 2 heteroatoms. The van der Waals surface area contributed by atoms with E-state index in [0.717, 1.165) is 24.1 Å². The maximum Gasteiger partial charge on any atom is 0.119 e. The van der Waals surface area contributed by atoms with Crippen LogP contribution in [0.2, 0.25) is 0 Å². The minimum absolute atomic E-state index is 0.396. The van der Waals surface area contributed by atoms with Crippen LogP contribution in [0.4, 0.5) is 0 Å². The van der Waals surface area contributed by atoms with Crippen LogP contribution in [0, 0.1) is 11.8 Å². The Bertz CT molecular complexity index is 396. The number of methoxy groups -OCH3 is 1. The Kier molecular flexibility index (Phi) is 5.90. The SMILES string of the molecule is COc1cccc(C(C)NCCC2CCC(C)CC2)c1. The molecule has 0 aliphatic heterocycles. The van der Waals surface area contributed by atoms with Crippen molar-refractivity contribution in [3.8, 4) is 5.75 Å². The molecule has 0 saturated heterocycles. The molecule has 1 aromatic rings. The lowest BCUT2D eigenvalue weighted by molar-refractivity contribution is 0.273. The van der Waals surface area contributed by atoms with Crippen molar-refractivity contribution in [2.75, 3.05) is 13.7 Å². The molecule has 1 saturated carbocycles. The van der Waals surface area contributed by atoms with Gasteiger partial charge in [0.1, 0.15) is 5.75 Å². The molecule has 1 unspecified atom stereocenters. The van der Waals surface area contributed by atoms with Crippen molar-refractivity contribution in [3.05, 3.63) is 29.8 Å². The monoisotopic (exact) mass is 275 g/mol. The van der Waals surface area contributed by atoms with Gasteiger partial charge < -0.3 is 10.1 Å². The molecule has 2 nitrogen and oxygen atoms in total. The predicted molar refractivity (Wildman–Crippen MR) is 85.2 cm³/mol. The van der Waals surface area contributed by atoms with Gasteiger partial charge in [0.2, 0.25) is 0 Å². The van der Waals surface area contributed by atoms with E-state index in [1.165, 1.54) is 37.7 Å². The van der Waals surface area contributed by atoms with E-state index < -0.39 is 0 Å². The first kappa shape index (κ1) is 15.4. The van der Waals surface area contributed by atoms with Gasteiger partial charge >= 0.3 is 0 Å². The highest BCUT2D eigenvalue weighted by Crippen LogP contribution is 2.30. The normalized spacial score (nSPS) is 24.4. The van der Waals surface area contributed by atoms with Crippen LogP contribution in [0.15, 0.2) is 24.3 Å². The summed E-state index contributed by atoms with van der Waals surface area (Å²) >= 11 is 0. The molecule has 0 aromatic heterocycles. The number of benzene rings is 1. The van der Waals surface area contributed by atoms with Gasteiger partial charge in [-0.3, -0.25) is 0 Å². The molecule has 2 rings (SSSR count). The Balaban J connectivity index is 1.73. The van der Waals surface area contributed by atoms with E-state index in [1.807, 2.05) is 6.07 Å². The molecule has 0 heterocycles. The molecule has 0 radical (unpaired) electrons. The quantitative estimate of drug-likeness (QED) is 0.821. The summed E-state index contributed by atoms with van der Waals surface area (Å²) in [5.41, 5.74) is 1.31. The standard InChI is InChI=1S/C18H29NO/c1-14-7-9-16(10-8-14)11-12-19-15(2)17-5-4-6-18(13-17)20-3/h4-6,13-16,19H,7-12H2,1-3H3. The molecule has 0 bridgehead atoms. The largest absolute Gasteiger partial charge is 0.497 e. The molecule has 1 aliphatic carbocycles. The lowest BCUT2D eigenvalue weighted by Gasteiger charge is -2.26. The minimum Gasteiger partial charge on any atom is -0.497 e. The van der Waals surface area contributed by atoms with E-state index >= 15 is 0 Å².